The summed E-state index contributed by atoms with van der Waals surface area (Å²) in [4.78, 5) is 36.1. The Kier molecular flexibility index (Phi) is 7.38. The minimum absolute atomic E-state index is 0.0850. The van der Waals surface area contributed by atoms with Crippen LogP contribution in [0.4, 0.5) is 8.78 Å². The molecule has 230 valence electrons. The first-order chi connectivity index (χ1) is 20.8. The van der Waals surface area contributed by atoms with Gasteiger partial charge in [-0.25, -0.2) is 23.3 Å². The second kappa shape index (κ2) is 11.2. The predicted octanol–water partition coefficient (Wildman–Crippen LogP) is 3.60. The van der Waals surface area contributed by atoms with E-state index in [0.29, 0.717) is 55.3 Å². The fraction of sp³-hybridized carbons (Fsp3) is 0.667. The summed E-state index contributed by atoms with van der Waals surface area (Å²) in [6, 6.07) is 1.35. The van der Waals surface area contributed by atoms with Gasteiger partial charge in [-0.15, -0.1) is 0 Å². The number of hydrogen-bond acceptors (Lipinski definition) is 7. The van der Waals surface area contributed by atoms with E-state index in [1.807, 2.05) is 6.92 Å². The van der Waals surface area contributed by atoms with Crippen LogP contribution in [0.15, 0.2) is 18.5 Å². The Morgan fingerprint density at radius 2 is 1.95 bits per heavy atom. The van der Waals surface area contributed by atoms with E-state index < -0.39 is 12.0 Å². The minimum atomic E-state index is -2.70. The quantitative estimate of drug-likeness (QED) is 0.407. The molecule has 0 spiro atoms. The number of aromatic nitrogens is 6. The number of amides is 2. The van der Waals surface area contributed by atoms with Crippen LogP contribution < -0.4 is 10.6 Å². The normalized spacial score (nSPS) is 26.6. The van der Waals surface area contributed by atoms with Gasteiger partial charge in [-0.2, -0.15) is 10.2 Å². The van der Waals surface area contributed by atoms with Crippen LogP contribution in [0.3, 0.4) is 0 Å². The molecule has 3 aliphatic heterocycles. The molecule has 6 heterocycles. The first-order valence-corrected chi connectivity index (χ1v) is 15.6. The summed E-state index contributed by atoms with van der Waals surface area (Å²) in [5.74, 6) is -2.41. The molecule has 3 aromatic heterocycles. The third kappa shape index (κ3) is 5.51. The number of fused-ring (bicyclic) bond motifs is 3. The Labute approximate surface area is 248 Å². The molecular formula is C30H38F2N8O3. The van der Waals surface area contributed by atoms with Gasteiger partial charge in [-0.3, -0.25) is 14.3 Å². The fourth-order valence-electron chi connectivity index (χ4n) is 7.40. The molecule has 2 bridgehead atoms. The van der Waals surface area contributed by atoms with E-state index in [2.05, 4.69) is 15.7 Å². The average Bonchev–Trinajstić information content (AvgIpc) is 3.63. The van der Waals surface area contributed by atoms with Crippen molar-refractivity contribution in [1.29, 1.82) is 0 Å². The van der Waals surface area contributed by atoms with Gasteiger partial charge in [-0.1, -0.05) is 0 Å². The maximum absolute atomic E-state index is 14.1. The van der Waals surface area contributed by atoms with Gasteiger partial charge in [0.15, 0.2) is 0 Å². The van der Waals surface area contributed by atoms with Gasteiger partial charge in [0, 0.05) is 63.1 Å². The van der Waals surface area contributed by atoms with E-state index in [0.717, 1.165) is 37.1 Å². The number of rotatable bonds is 8. The lowest BCUT2D eigenvalue weighted by atomic mass is 9.67. The van der Waals surface area contributed by atoms with Gasteiger partial charge >= 0.3 is 0 Å². The molecule has 43 heavy (non-hydrogen) atoms. The Bertz CT molecular complexity index is 1500. The maximum atomic E-state index is 14.1. The number of aryl methyl sites for hydroxylation is 1. The summed E-state index contributed by atoms with van der Waals surface area (Å²) in [5, 5.41) is 15.4. The number of alkyl halides is 2. The van der Waals surface area contributed by atoms with E-state index in [-0.39, 0.29) is 55.3 Å². The average molecular weight is 597 g/mol. The highest BCUT2D eigenvalue weighted by molar-refractivity contribution is 5.92. The van der Waals surface area contributed by atoms with Crippen molar-refractivity contribution in [2.45, 2.75) is 95.2 Å². The van der Waals surface area contributed by atoms with E-state index in [1.54, 1.807) is 27.7 Å². The molecule has 2 N–H and O–H groups in total. The number of hydrogen-bond donors (Lipinski definition) is 2. The molecule has 0 aromatic carbocycles. The SMILES string of the molecule is CCn1nccc1C(=O)N[C@H](c1cn2nc(C[C@@H]3C(=O)NC4CC3C4)c(C3CCOCC3)nc2n1)C1CCC(F)(F)CC1. The number of nitrogens with one attached hydrogen (secondary N) is 2. The van der Waals surface area contributed by atoms with Crippen LogP contribution in [0.5, 0.6) is 0 Å². The van der Waals surface area contributed by atoms with Crippen molar-refractivity contribution in [2.24, 2.45) is 17.8 Å². The molecule has 5 fully saturated rings. The number of ether oxygens (including phenoxy) is 1. The lowest BCUT2D eigenvalue weighted by Crippen LogP contribution is -2.57. The zero-order chi connectivity index (χ0) is 29.7. The third-order valence-corrected chi connectivity index (χ3v) is 9.97. The Hall–Kier alpha value is -3.48. The summed E-state index contributed by atoms with van der Waals surface area (Å²) in [6.07, 6.45) is 7.54. The van der Waals surface area contributed by atoms with E-state index >= 15 is 0 Å². The fourth-order valence-corrected chi connectivity index (χ4v) is 7.40. The van der Waals surface area contributed by atoms with Crippen LogP contribution in [0.2, 0.25) is 0 Å². The van der Waals surface area contributed by atoms with Crippen molar-refractivity contribution in [3.8, 4) is 0 Å². The number of halogens is 2. The first-order valence-electron chi connectivity index (χ1n) is 15.6. The summed E-state index contributed by atoms with van der Waals surface area (Å²) in [5.41, 5.74) is 2.59. The van der Waals surface area contributed by atoms with Crippen molar-refractivity contribution in [3.05, 3.63) is 41.2 Å². The summed E-state index contributed by atoms with van der Waals surface area (Å²) >= 11 is 0. The zero-order valence-electron chi connectivity index (χ0n) is 24.3. The standard InChI is InChI=1S/C30H38F2N8O3/c1-2-39-24(5-10-33-39)28(42)36-26(17-3-8-30(31,32)9-4-17)23-16-40-29(35-23)37-25(18-6-11-43-12-7-18)22(38-40)15-21-19-13-20(14-19)34-27(21)41/h5,10,16-21,26H,2-4,6-9,11-15H2,1H3,(H,34,41)(H,36,42)/t19?,20?,21-,26-/m0/s1. The first kappa shape index (κ1) is 28.3. The molecule has 0 unspecified atom stereocenters. The second-order valence-corrected chi connectivity index (χ2v) is 12.7. The van der Waals surface area contributed by atoms with E-state index in [9.17, 15) is 18.4 Å². The van der Waals surface area contributed by atoms with Gasteiger partial charge in [0.2, 0.25) is 11.8 Å². The van der Waals surface area contributed by atoms with Gasteiger partial charge in [0.1, 0.15) is 5.69 Å². The van der Waals surface area contributed by atoms with Crippen LogP contribution in [0.25, 0.3) is 5.78 Å². The van der Waals surface area contributed by atoms with Crippen molar-refractivity contribution in [3.63, 3.8) is 0 Å². The van der Waals surface area contributed by atoms with Gasteiger partial charge in [0.25, 0.3) is 11.7 Å². The van der Waals surface area contributed by atoms with E-state index in [1.165, 1.54) is 0 Å². The highest BCUT2D eigenvalue weighted by Gasteiger charge is 2.46. The molecule has 13 heteroatoms. The molecule has 11 nitrogen and oxygen atoms in total. The lowest BCUT2D eigenvalue weighted by molar-refractivity contribution is -0.135. The van der Waals surface area contributed by atoms with Crippen LogP contribution in [0.1, 0.15) is 97.8 Å². The highest BCUT2D eigenvalue weighted by Crippen LogP contribution is 2.43. The third-order valence-electron chi connectivity index (χ3n) is 9.97. The molecule has 2 aliphatic carbocycles. The molecule has 5 aliphatic rings. The molecular weight excluding hydrogens is 558 g/mol. The molecule has 3 saturated heterocycles. The molecule has 2 amide bonds. The Morgan fingerprint density at radius 3 is 2.67 bits per heavy atom. The van der Waals surface area contributed by atoms with E-state index in [4.69, 9.17) is 19.8 Å². The number of piperidine rings is 2. The number of carbonyl (C=O) groups excluding carboxylic acids is 2. The molecule has 8 rings (SSSR count). The van der Waals surface area contributed by atoms with Gasteiger partial charge in [0.05, 0.1) is 29.3 Å². The monoisotopic (exact) mass is 596 g/mol. The Morgan fingerprint density at radius 1 is 1.19 bits per heavy atom. The summed E-state index contributed by atoms with van der Waals surface area (Å²) in [7, 11) is 0. The molecule has 2 atom stereocenters. The summed E-state index contributed by atoms with van der Waals surface area (Å²) < 4.78 is 37.1. The molecule has 3 aromatic rings. The Balaban J connectivity index is 1.24. The largest absolute Gasteiger partial charge is 0.381 e. The molecule has 0 radical (unpaired) electrons. The number of imidazole rings is 1. The number of carbonyl (C=O) groups is 2. The van der Waals surface area contributed by atoms with Crippen LogP contribution in [-0.2, 0) is 22.5 Å². The van der Waals surface area contributed by atoms with Crippen molar-refractivity contribution < 1.29 is 23.1 Å². The predicted molar refractivity (Wildman–Crippen MR) is 150 cm³/mol. The van der Waals surface area contributed by atoms with Crippen molar-refractivity contribution in [1.82, 2.24) is 40.0 Å². The van der Waals surface area contributed by atoms with Crippen LogP contribution in [0, 0.1) is 17.8 Å². The van der Waals surface area contributed by atoms with Gasteiger partial charge in [-0.05, 0) is 63.4 Å². The van der Waals surface area contributed by atoms with Crippen LogP contribution >= 0.6 is 0 Å². The highest BCUT2D eigenvalue weighted by atomic mass is 19.3. The van der Waals surface area contributed by atoms with Crippen molar-refractivity contribution in [2.75, 3.05) is 13.2 Å². The topological polar surface area (TPSA) is 128 Å². The van der Waals surface area contributed by atoms with Crippen molar-refractivity contribution >= 4 is 17.6 Å². The lowest BCUT2D eigenvalue weighted by Gasteiger charge is -2.46. The smallest absolute Gasteiger partial charge is 0.270 e. The number of nitrogens with zero attached hydrogens (tertiary/aromatic N) is 6. The van der Waals surface area contributed by atoms with Gasteiger partial charge < -0.3 is 15.4 Å². The maximum Gasteiger partial charge on any atom is 0.270 e. The second-order valence-electron chi connectivity index (χ2n) is 12.7. The molecule has 2 saturated carbocycles. The zero-order valence-corrected chi connectivity index (χ0v) is 24.3. The summed E-state index contributed by atoms with van der Waals surface area (Å²) in [6.45, 7) is 3.70. The van der Waals surface area contributed by atoms with Crippen LogP contribution in [-0.4, -0.2) is 66.4 Å². The minimum Gasteiger partial charge on any atom is -0.381 e.